The van der Waals surface area contributed by atoms with Gasteiger partial charge in [-0.3, -0.25) is 4.90 Å². The average molecular weight is 254 g/mol. The molecule has 0 aromatic heterocycles. The molecule has 18 heavy (non-hydrogen) atoms. The summed E-state index contributed by atoms with van der Waals surface area (Å²) in [5.74, 6) is 0. The van der Waals surface area contributed by atoms with Crippen molar-refractivity contribution in [3.05, 3.63) is 0 Å². The molecule has 3 unspecified atom stereocenters. The van der Waals surface area contributed by atoms with Crippen LogP contribution in [-0.2, 0) is 4.74 Å². The highest BCUT2D eigenvalue weighted by Gasteiger charge is 2.32. The number of nitrogens with zero attached hydrogens (tertiary/aromatic N) is 1. The summed E-state index contributed by atoms with van der Waals surface area (Å²) in [6.45, 7) is 8.86. The van der Waals surface area contributed by atoms with Crippen molar-refractivity contribution in [1.29, 1.82) is 0 Å². The Labute approximate surface area is 112 Å². The monoisotopic (exact) mass is 254 g/mol. The highest BCUT2D eigenvalue weighted by Crippen LogP contribution is 2.25. The third-order valence-corrected chi connectivity index (χ3v) is 4.48. The van der Waals surface area contributed by atoms with Crippen LogP contribution in [0.25, 0.3) is 0 Å². The Bertz CT molecular complexity index is 235. The lowest BCUT2D eigenvalue weighted by Crippen LogP contribution is -2.56. The first kappa shape index (κ1) is 14.3. The summed E-state index contributed by atoms with van der Waals surface area (Å²) >= 11 is 0. The third-order valence-electron chi connectivity index (χ3n) is 4.48. The van der Waals surface area contributed by atoms with E-state index < -0.39 is 0 Å². The molecule has 3 nitrogen and oxygen atoms in total. The largest absolute Gasteiger partial charge is 0.376 e. The van der Waals surface area contributed by atoms with Crippen molar-refractivity contribution in [1.82, 2.24) is 10.2 Å². The van der Waals surface area contributed by atoms with E-state index in [1.807, 2.05) is 0 Å². The van der Waals surface area contributed by atoms with Gasteiger partial charge in [-0.2, -0.15) is 0 Å². The molecule has 0 aromatic carbocycles. The summed E-state index contributed by atoms with van der Waals surface area (Å²) in [5.41, 5.74) is 0. The number of hydrogen-bond acceptors (Lipinski definition) is 3. The van der Waals surface area contributed by atoms with Gasteiger partial charge in [-0.15, -0.1) is 0 Å². The molecule has 3 atom stereocenters. The minimum atomic E-state index is 0.465. The minimum absolute atomic E-state index is 0.465. The third kappa shape index (κ3) is 3.69. The van der Waals surface area contributed by atoms with Gasteiger partial charge in [0.15, 0.2) is 0 Å². The molecule has 3 heteroatoms. The first-order valence-corrected chi connectivity index (χ1v) is 7.94. The Morgan fingerprint density at radius 2 is 2.06 bits per heavy atom. The number of nitrogens with one attached hydrogen (secondary N) is 1. The van der Waals surface area contributed by atoms with E-state index in [0.29, 0.717) is 12.1 Å². The molecule has 0 amide bonds. The smallest absolute Gasteiger partial charge is 0.0700 e. The average Bonchev–Trinajstić information content (AvgIpc) is 2.45. The van der Waals surface area contributed by atoms with Gasteiger partial charge in [-0.05, 0) is 32.2 Å². The maximum absolute atomic E-state index is 5.80. The van der Waals surface area contributed by atoms with E-state index in [2.05, 4.69) is 24.1 Å². The minimum Gasteiger partial charge on any atom is -0.376 e. The maximum Gasteiger partial charge on any atom is 0.0700 e. The molecule has 106 valence electrons. The van der Waals surface area contributed by atoms with Gasteiger partial charge in [0.2, 0.25) is 0 Å². The molecular weight excluding hydrogens is 224 g/mol. The summed E-state index contributed by atoms with van der Waals surface area (Å²) < 4.78 is 5.80. The fourth-order valence-electron chi connectivity index (χ4n) is 3.41. The van der Waals surface area contributed by atoms with Crippen LogP contribution < -0.4 is 5.32 Å². The zero-order valence-corrected chi connectivity index (χ0v) is 12.2. The molecule has 0 radical (unpaired) electrons. The molecule has 2 rings (SSSR count). The molecule has 0 spiro atoms. The van der Waals surface area contributed by atoms with E-state index in [9.17, 15) is 0 Å². The van der Waals surface area contributed by atoms with Crippen molar-refractivity contribution in [3.8, 4) is 0 Å². The Hall–Kier alpha value is -0.120. The van der Waals surface area contributed by atoms with Crippen molar-refractivity contribution in [2.75, 3.05) is 26.2 Å². The van der Waals surface area contributed by atoms with E-state index in [-0.39, 0.29) is 0 Å². The highest BCUT2D eigenvalue weighted by atomic mass is 16.5. The van der Waals surface area contributed by atoms with E-state index in [0.717, 1.165) is 32.2 Å². The van der Waals surface area contributed by atoms with Gasteiger partial charge < -0.3 is 10.1 Å². The molecule has 1 aliphatic heterocycles. The van der Waals surface area contributed by atoms with E-state index in [1.54, 1.807) is 0 Å². The van der Waals surface area contributed by atoms with Crippen molar-refractivity contribution < 1.29 is 4.74 Å². The Morgan fingerprint density at radius 3 is 2.83 bits per heavy atom. The second-order valence-electron chi connectivity index (χ2n) is 5.81. The second-order valence-corrected chi connectivity index (χ2v) is 5.81. The van der Waals surface area contributed by atoms with Gasteiger partial charge in [0.25, 0.3) is 0 Å². The molecular formula is C15H30N2O. The van der Waals surface area contributed by atoms with E-state index in [1.165, 1.54) is 38.6 Å². The van der Waals surface area contributed by atoms with Crippen LogP contribution in [0.4, 0.5) is 0 Å². The molecule has 0 bridgehead atoms. The SMILES string of the molecule is CCCNC1CCCCC1N1CCOC(CC)C1. The molecule has 1 saturated heterocycles. The number of hydrogen-bond donors (Lipinski definition) is 1. The maximum atomic E-state index is 5.80. The molecule has 2 aliphatic rings. The first-order chi connectivity index (χ1) is 8.85. The van der Waals surface area contributed by atoms with Crippen LogP contribution >= 0.6 is 0 Å². The fourth-order valence-corrected chi connectivity index (χ4v) is 3.41. The fraction of sp³-hybridized carbons (Fsp3) is 1.00. The number of morpholine rings is 1. The van der Waals surface area contributed by atoms with Crippen molar-refractivity contribution >= 4 is 0 Å². The van der Waals surface area contributed by atoms with Crippen molar-refractivity contribution in [2.24, 2.45) is 0 Å². The van der Waals surface area contributed by atoms with Gasteiger partial charge in [0.05, 0.1) is 12.7 Å². The van der Waals surface area contributed by atoms with Crippen molar-refractivity contribution in [2.45, 2.75) is 70.6 Å². The lowest BCUT2D eigenvalue weighted by atomic mass is 9.88. The summed E-state index contributed by atoms with van der Waals surface area (Å²) in [4.78, 5) is 2.70. The first-order valence-electron chi connectivity index (χ1n) is 7.94. The number of ether oxygens (including phenoxy) is 1. The van der Waals surface area contributed by atoms with Crippen LogP contribution in [0.2, 0.25) is 0 Å². The molecule has 0 aromatic rings. The zero-order chi connectivity index (χ0) is 12.8. The highest BCUT2D eigenvalue weighted by molar-refractivity contribution is 4.90. The van der Waals surface area contributed by atoms with Crippen LogP contribution in [0.5, 0.6) is 0 Å². The molecule has 2 fully saturated rings. The quantitative estimate of drug-likeness (QED) is 0.815. The van der Waals surface area contributed by atoms with E-state index >= 15 is 0 Å². The lowest BCUT2D eigenvalue weighted by Gasteiger charge is -2.44. The van der Waals surface area contributed by atoms with Crippen LogP contribution in [0.15, 0.2) is 0 Å². The van der Waals surface area contributed by atoms with Crippen LogP contribution in [0.1, 0.15) is 52.4 Å². The van der Waals surface area contributed by atoms with Crippen LogP contribution in [0.3, 0.4) is 0 Å². The summed E-state index contributed by atoms with van der Waals surface area (Å²) in [6, 6.07) is 1.47. The lowest BCUT2D eigenvalue weighted by molar-refractivity contribution is -0.0542. The van der Waals surface area contributed by atoms with Gasteiger partial charge in [0.1, 0.15) is 0 Å². The van der Waals surface area contributed by atoms with Gasteiger partial charge in [0, 0.05) is 25.2 Å². The Morgan fingerprint density at radius 1 is 1.22 bits per heavy atom. The second kappa shape index (κ2) is 7.46. The molecule has 1 N–H and O–H groups in total. The van der Waals surface area contributed by atoms with Crippen LogP contribution in [0, 0.1) is 0 Å². The number of rotatable bonds is 5. The summed E-state index contributed by atoms with van der Waals surface area (Å²) in [6.07, 6.45) is 8.40. The molecule has 1 aliphatic carbocycles. The standard InChI is InChI=1S/C15H30N2O/c1-3-9-16-14-7-5-6-8-15(14)17-10-11-18-13(4-2)12-17/h13-16H,3-12H2,1-2H3. The van der Waals surface area contributed by atoms with Gasteiger partial charge >= 0.3 is 0 Å². The molecule has 1 heterocycles. The predicted molar refractivity (Wildman–Crippen MR) is 75.9 cm³/mol. The summed E-state index contributed by atoms with van der Waals surface area (Å²) in [7, 11) is 0. The van der Waals surface area contributed by atoms with Gasteiger partial charge in [-0.25, -0.2) is 0 Å². The van der Waals surface area contributed by atoms with Crippen LogP contribution in [-0.4, -0.2) is 49.3 Å². The Kier molecular flexibility index (Phi) is 5.93. The van der Waals surface area contributed by atoms with Crippen molar-refractivity contribution in [3.63, 3.8) is 0 Å². The summed E-state index contributed by atoms with van der Waals surface area (Å²) in [5, 5.41) is 3.77. The topological polar surface area (TPSA) is 24.5 Å². The zero-order valence-electron chi connectivity index (χ0n) is 12.2. The Balaban J connectivity index is 1.90. The van der Waals surface area contributed by atoms with E-state index in [4.69, 9.17) is 4.74 Å². The predicted octanol–water partition coefficient (Wildman–Crippen LogP) is 2.41. The molecule has 1 saturated carbocycles. The van der Waals surface area contributed by atoms with Gasteiger partial charge in [-0.1, -0.05) is 26.7 Å². The normalized spacial score (nSPS) is 34.7.